The van der Waals surface area contributed by atoms with E-state index in [1.165, 1.54) is 4.90 Å². The highest BCUT2D eigenvalue weighted by Gasteiger charge is 2.29. The highest BCUT2D eigenvalue weighted by atomic mass is 16.7. The number of Topliss-reactive ketones (excluding diaryl/α,β-unsaturated/α-hetero) is 1. The van der Waals surface area contributed by atoms with Crippen LogP contribution in [0.5, 0.6) is 23.0 Å². The number of carbonyl (C=O) groups excluding carboxylic acids is 2. The molecule has 0 N–H and O–H groups in total. The fourth-order valence-electron chi connectivity index (χ4n) is 4.05. The molecule has 6 rings (SSSR count). The molecule has 1 amide bonds. The molecule has 0 saturated carbocycles. The van der Waals surface area contributed by atoms with Crippen molar-refractivity contribution in [2.75, 3.05) is 11.7 Å². The average molecular weight is 477 g/mol. The van der Waals surface area contributed by atoms with E-state index in [4.69, 9.17) is 18.9 Å². The molecule has 4 aromatic rings. The quantitative estimate of drug-likeness (QED) is 0.318. The maximum atomic E-state index is 13.2. The van der Waals surface area contributed by atoms with E-state index in [2.05, 4.69) is 0 Å². The summed E-state index contributed by atoms with van der Waals surface area (Å²) in [6, 6.07) is 28.5. The molecule has 0 atom stereocenters. The maximum absolute atomic E-state index is 13.2. The smallest absolute Gasteiger partial charge is 0.424 e. The van der Waals surface area contributed by atoms with Gasteiger partial charge in [0.1, 0.15) is 11.5 Å². The number of para-hydroxylation sites is 2. The zero-order chi connectivity index (χ0) is 24.5. The van der Waals surface area contributed by atoms with Crippen molar-refractivity contribution in [2.24, 2.45) is 0 Å². The second-order valence-corrected chi connectivity index (χ2v) is 8.08. The Hall–Kier alpha value is -5.04. The Bertz CT molecular complexity index is 1460. The van der Waals surface area contributed by atoms with Crippen LogP contribution in [-0.2, 0) is 0 Å². The van der Waals surface area contributed by atoms with E-state index in [9.17, 15) is 9.59 Å². The van der Waals surface area contributed by atoms with Gasteiger partial charge in [0.05, 0.1) is 16.9 Å². The fourth-order valence-corrected chi connectivity index (χ4v) is 4.05. The number of anilines is 2. The van der Waals surface area contributed by atoms with Crippen LogP contribution in [0.3, 0.4) is 0 Å². The van der Waals surface area contributed by atoms with Gasteiger partial charge in [0.15, 0.2) is 17.3 Å². The Balaban J connectivity index is 1.25. The molecule has 0 unspecified atom stereocenters. The topological polar surface area (TPSA) is 74.3 Å². The van der Waals surface area contributed by atoms with Gasteiger partial charge >= 0.3 is 6.09 Å². The summed E-state index contributed by atoms with van der Waals surface area (Å²) in [4.78, 5) is 27.6. The number of carbonyl (C=O) groups is 2. The Labute approximate surface area is 206 Å². The summed E-state index contributed by atoms with van der Waals surface area (Å²) in [5.74, 6) is 1.77. The first-order chi connectivity index (χ1) is 17.7. The minimum absolute atomic E-state index is 0.169. The lowest BCUT2D eigenvalue weighted by molar-refractivity contribution is 0.101. The minimum atomic E-state index is -0.590. The largest absolute Gasteiger partial charge is 0.454 e. The van der Waals surface area contributed by atoms with Gasteiger partial charge in [-0.25, -0.2) is 9.69 Å². The van der Waals surface area contributed by atoms with Crippen molar-refractivity contribution in [2.45, 2.75) is 0 Å². The summed E-state index contributed by atoms with van der Waals surface area (Å²) in [5, 5.41) is 0. The third kappa shape index (κ3) is 4.03. The van der Waals surface area contributed by atoms with E-state index in [1.54, 1.807) is 36.4 Å². The van der Waals surface area contributed by atoms with Gasteiger partial charge in [-0.1, -0.05) is 42.5 Å². The Kier molecular flexibility index (Phi) is 5.35. The predicted octanol–water partition coefficient (Wildman–Crippen LogP) is 6.37. The lowest BCUT2D eigenvalue weighted by atomic mass is 10.1. The number of ether oxygens (including phenoxy) is 4. The summed E-state index contributed by atoms with van der Waals surface area (Å²) in [6.07, 6.45) is 1.05. The SMILES string of the molecule is O=C1C(=Cc2ccc3c(c2)OCO3)Oc2cc(OC(=O)N(c3ccccc3)c3ccccc3)ccc21. The summed E-state index contributed by atoms with van der Waals surface area (Å²) in [5.41, 5.74) is 2.46. The summed E-state index contributed by atoms with van der Waals surface area (Å²) in [6.45, 7) is 0.170. The van der Waals surface area contributed by atoms with Gasteiger partial charge in [0, 0.05) is 6.07 Å². The van der Waals surface area contributed by atoms with E-state index in [0.29, 0.717) is 34.2 Å². The molecule has 0 fully saturated rings. The molecule has 36 heavy (non-hydrogen) atoms. The fraction of sp³-hybridized carbons (Fsp3) is 0.0345. The molecule has 2 aliphatic heterocycles. The number of benzene rings is 4. The third-order valence-electron chi connectivity index (χ3n) is 5.75. The highest BCUT2D eigenvalue weighted by molar-refractivity contribution is 6.14. The van der Waals surface area contributed by atoms with Gasteiger partial charge in [-0.15, -0.1) is 0 Å². The molecule has 176 valence electrons. The Morgan fingerprint density at radius 3 is 2.19 bits per heavy atom. The van der Waals surface area contributed by atoms with Crippen LogP contribution in [0.25, 0.3) is 6.08 Å². The average Bonchev–Trinajstić information content (AvgIpc) is 3.49. The Morgan fingerprint density at radius 1 is 0.778 bits per heavy atom. The van der Waals surface area contributed by atoms with Crippen LogP contribution >= 0.6 is 0 Å². The molecule has 0 saturated heterocycles. The number of rotatable bonds is 4. The molecule has 2 aliphatic rings. The van der Waals surface area contributed by atoms with Crippen LogP contribution in [-0.4, -0.2) is 18.7 Å². The second kappa shape index (κ2) is 8.96. The highest BCUT2D eigenvalue weighted by Crippen LogP contribution is 2.37. The van der Waals surface area contributed by atoms with E-state index in [1.807, 2.05) is 66.7 Å². The number of ketones is 1. The molecule has 4 aromatic carbocycles. The van der Waals surface area contributed by atoms with Crippen molar-refractivity contribution in [1.82, 2.24) is 0 Å². The lowest BCUT2D eigenvalue weighted by Gasteiger charge is -2.22. The predicted molar refractivity (Wildman–Crippen MR) is 133 cm³/mol. The van der Waals surface area contributed by atoms with Gasteiger partial charge in [-0.3, -0.25) is 4.79 Å². The molecule has 0 aliphatic carbocycles. The Morgan fingerprint density at radius 2 is 1.47 bits per heavy atom. The number of allylic oxidation sites excluding steroid dienone is 1. The van der Waals surface area contributed by atoms with Crippen LogP contribution in [0.1, 0.15) is 15.9 Å². The van der Waals surface area contributed by atoms with Crippen LogP contribution in [0.4, 0.5) is 16.2 Å². The van der Waals surface area contributed by atoms with Crippen molar-refractivity contribution in [3.05, 3.63) is 114 Å². The summed E-state index contributed by atoms with van der Waals surface area (Å²) in [7, 11) is 0. The van der Waals surface area contributed by atoms with Gasteiger partial charge in [-0.2, -0.15) is 0 Å². The number of hydrogen-bond acceptors (Lipinski definition) is 6. The first-order valence-electron chi connectivity index (χ1n) is 11.3. The number of fused-ring (bicyclic) bond motifs is 2. The molecular weight excluding hydrogens is 458 g/mol. The van der Waals surface area contributed by atoms with Gasteiger partial charge < -0.3 is 18.9 Å². The first-order valence-corrected chi connectivity index (χ1v) is 11.3. The maximum Gasteiger partial charge on any atom is 0.424 e. The van der Waals surface area contributed by atoms with Gasteiger partial charge in [-0.05, 0) is 60.2 Å². The molecule has 0 aromatic heterocycles. The standard InChI is InChI=1S/C29H19NO6/c31-28-23-13-12-22(17-25(23)36-27(28)16-19-11-14-24-26(15-19)34-18-33-24)35-29(32)30(20-7-3-1-4-8-20)21-9-5-2-6-10-21/h1-17H,18H2. The van der Waals surface area contributed by atoms with Crippen LogP contribution in [0, 0.1) is 0 Å². The van der Waals surface area contributed by atoms with Crippen LogP contribution in [0.15, 0.2) is 103 Å². The zero-order valence-corrected chi connectivity index (χ0v) is 18.9. The molecule has 0 spiro atoms. The molecule has 0 bridgehead atoms. The molecule has 7 heteroatoms. The molecule has 7 nitrogen and oxygen atoms in total. The van der Waals surface area contributed by atoms with Crippen LogP contribution in [0.2, 0.25) is 0 Å². The normalized spacial score (nSPS) is 14.3. The van der Waals surface area contributed by atoms with Crippen molar-refractivity contribution in [3.8, 4) is 23.0 Å². The minimum Gasteiger partial charge on any atom is -0.454 e. The first kappa shape index (κ1) is 21.5. The summed E-state index contributed by atoms with van der Waals surface area (Å²) >= 11 is 0. The van der Waals surface area contributed by atoms with E-state index < -0.39 is 6.09 Å². The van der Waals surface area contributed by atoms with E-state index in [0.717, 1.165) is 5.56 Å². The van der Waals surface area contributed by atoms with Gasteiger partial charge in [0.2, 0.25) is 12.6 Å². The van der Waals surface area contributed by atoms with E-state index in [-0.39, 0.29) is 24.1 Å². The molecule has 0 radical (unpaired) electrons. The third-order valence-corrected chi connectivity index (χ3v) is 5.75. The number of amides is 1. The van der Waals surface area contributed by atoms with Crippen LogP contribution < -0.4 is 23.8 Å². The van der Waals surface area contributed by atoms with E-state index >= 15 is 0 Å². The van der Waals surface area contributed by atoms with Gasteiger partial charge in [0.25, 0.3) is 0 Å². The molecular formula is C29H19NO6. The van der Waals surface area contributed by atoms with Crippen molar-refractivity contribution in [1.29, 1.82) is 0 Å². The second-order valence-electron chi connectivity index (χ2n) is 8.08. The number of nitrogens with zero attached hydrogens (tertiary/aromatic N) is 1. The monoisotopic (exact) mass is 477 g/mol. The molecule has 2 heterocycles. The van der Waals surface area contributed by atoms with Crippen molar-refractivity contribution < 1.29 is 28.5 Å². The summed E-state index contributed by atoms with van der Waals surface area (Å²) < 4.78 is 22.3. The lowest BCUT2D eigenvalue weighted by Crippen LogP contribution is -2.29. The van der Waals surface area contributed by atoms with Crippen molar-refractivity contribution in [3.63, 3.8) is 0 Å². The van der Waals surface area contributed by atoms with Crippen molar-refractivity contribution >= 4 is 29.3 Å². The number of hydrogen-bond donors (Lipinski definition) is 0. The zero-order valence-electron chi connectivity index (χ0n) is 18.9.